The molecule has 198 valence electrons. The number of halogens is 4. The van der Waals surface area contributed by atoms with E-state index in [9.17, 15) is 22.8 Å². The van der Waals surface area contributed by atoms with Crippen molar-refractivity contribution in [1.82, 2.24) is 9.80 Å². The number of piperidine rings is 1. The van der Waals surface area contributed by atoms with Crippen LogP contribution >= 0.6 is 11.6 Å². The maximum Gasteiger partial charge on any atom is 0.416 e. The van der Waals surface area contributed by atoms with Gasteiger partial charge in [-0.25, -0.2) is 4.79 Å². The predicted octanol–water partition coefficient (Wildman–Crippen LogP) is 5.79. The number of urea groups is 1. The van der Waals surface area contributed by atoms with Gasteiger partial charge in [-0.2, -0.15) is 13.2 Å². The van der Waals surface area contributed by atoms with Crippen molar-refractivity contribution in [1.29, 1.82) is 0 Å². The van der Waals surface area contributed by atoms with Crippen LogP contribution in [0.4, 0.5) is 29.3 Å². The number of anilines is 2. The molecule has 2 N–H and O–H groups in total. The van der Waals surface area contributed by atoms with Gasteiger partial charge in [0.1, 0.15) is 5.88 Å². The molecule has 1 heterocycles. The molecule has 3 amide bonds. The minimum absolute atomic E-state index is 0.0558. The first kappa shape index (κ1) is 28.4. The molecule has 0 atom stereocenters. The first-order valence-electron chi connectivity index (χ1n) is 12.1. The first-order valence-corrected chi connectivity index (χ1v) is 12.6. The summed E-state index contributed by atoms with van der Waals surface area (Å²) in [7, 11) is 0. The van der Waals surface area contributed by atoms with Gasteiger partial charge in [0.2, 0.25) is 5.91 Å². The van der Waals surface area contributed by atoms with Crippen molar-refractivity contribution in [3.05, 3.63) is 59.7 Å². The number of hydrogen-bond acceptors (Lipinski definition) is 3. The predicted molar refractivity (Wildman–Crippen MR) is 139 cm³/mol. The molecule has 2 aromatic rings. The summed E-state index contributed by atoms with van der Waals surface area (Å²) in [4.78, 5) is 29.3. The van der Waals surface area contributed by atoms with E-state index >= 15 is 0 Å². The van der Waals surface area contributed by atoms with Crippen molar-refractivity contribution in [3.8, 4) is 12.3 Å². The molecule has 0 aromatic heterocycles. The molecule has 0 radical (unpaired) electrons. The summed E-state index contributed by atoms with van der Waals surface area (Å²) >= 11 is 5.64. The lowest BCUT2D eigenvalue weighted by molar-refractivity contribution is -0.137. The lowest BCUT2D eigenvalue weighted by atomic mass is 10.0. The van der Waals surface area contributed by atoms with E-state index in [4.69, 9.17) is 18.0 Å². The summed E-state index contributed by atoms with van der Waals surface area (Å²) in [6.07, 6.45) is 3.82. The second-order valence-corrected chi connectivity index (χ2v) is 9.12. The van der Waals surface area contributed by atoms with Crippen LogP contribution in [-0.2, 0) is 17.5 Å². The number of para-hydroxylation sites is 1. The molecule has 1 saturated heterocycles. The van der Waals surface area contributed by atoms with E-state index in [2.05, 4.69) is 21.5 Å². The van der Waals surface area contributed by atoms with Gasteiger partial charge in [-0.15, -0.1) is 23.9 Å². The number of terminal acetylenes is 1. The van der Waals surface area contributed by atoms with Crippen LogP contribution in [0, 0.1) is 12.3 Å². The zero-order chi connectivity index (χ0) is 26.8. The molecule has 0 bridgehead atoms. The number of nitrogens with zero attached hydrogens (tertiary/aromatic N) is 2. The summed E-state index contributed by atoms with van der Waals surface area (Å²) < 4.78 is 39.6. The minimum Gasteiger partial charge on any atom is -0.325 e. The highest BCUT2D eigenvalue weighted by Crippen LogP contribution is 2.31. The summed E-state index contributed by atoms with van der Waals surface area (Å²) in [6, 6.07) is 11.0. The number of alkyl halides is 4. The van der Waals surface area contributed by atoms with Gasteiger partial charge < -0.3 is 20.4 Å². The topological polar surface area (TPSA) is 64.7 Å². The number of nitrogens with one attached hydrogen (secondary N) is 2. The van der Waals surface area contributed by atoms with Crippen LogP contribution in [0.25, 0.3) is 0 Å². The summed E-state index contributed by atoms with van der Waals surface area (Å²) in [6.45, 7) is 2.58. The van der Waals surface area contributed by atoms with Gasteiger partial charge in [0.05, 0.1) is 5.56 Å². The molecule has 1 aliphatic rings. The van der Waals surface area contributed by atoms with Crippen LogP contribution in [0.3, 0.4) is 0 Å². The average Bonchev–Trinajstić information content (AvgIpc) is 2.88. The van der Waals surface area contributed by atoms with Gasteiger partial charge in [0.25, 0.3) is 0 Å². The van der Waals surface area contributed by atoms with E-state index in [1.54, 1.807) is 29.2 Å². The lowest BCUT2D eigenvalue weighted by Crippen LogP contribution is -2.48. The highest BCUT2D eigenvalue weighted by Gasteiger charge is 2.32. The third-order valence-electron chi connectivity index (χ3n) is 6.25. The minimum atomic E-state index is -4.52. The molecule has 2 aromatic carbocycles. The molecule has 0 aliphatic carbocycles. The standard InChI is InChI=1S/C27H30ClF3N4O2/c1-2-3-6-14-34-15-12-23(13-16-34)35(19-20-8-4-5-11-24(20)33-25(36)18-28)26(37)32-22-10-7-9-21(17-22)27(29,30)31/h1,4-5,7-11,17,23H,3,6,12-16,18-19H2,(H,32,37)(H,33,36). The molecule has 0 unspecified atom stereocenters. The molecule has 0 spiro atoms. The van der Waals surface area contributed by atoms with Gasteiger partial charge in [-0.05, 0) is 55.6 Å². The Morgan fingerprint density at radius 3 is 2.51 bits per heavy atom. The molecule has 6 nitrogen and oxygen atoms in total. The van der Waals surface area contributed by atoms with E-state index in [0.29, 0.717) is 30.5 Å². The fraction of sp³-hybridized carbons (Fsp3) is 0.407. The fourth-order valence-corrected chi connectivity index (χ4v) is 4.41. The van der Waals surface area contributed by atoms with Gasteiger partial charge in [-0.3, -0.25) is 4.79 Å². The molecular weight excluding hydrogens is 505 g/mol. The van der Waals surface area contributed by atoms with E-state index in [1.807, 2.05) is 0 Å². The van der Waals surface area contributed by atoms with Crippen molar-refractivity contribution in [2.24, 2.45) is 0 Å². The van der Waals surface area contributed by atoms with Gasteiger partial charge in [0, 0.05) is 43.5 Å². The van der Waals surface area contributed by atoms with Crippen LogP contribution in [0.15, 0.2) is 48.5 Å². The fourth-order valence-electron chi connectivity index (χ4n) is 4.34. The second kappa shape index (κ2) is 13.4. The van der Waals surface area contributed by atoms with Gasteiger partial charge in [-0.1, -0.05) is 24.3 Å². The lowest BCUT2D eigenvalue weighted by Gasteiger charge is -2.39. The van der Waals surface area contributed by atoms with Crippen molar-refractivity contribution in [2.75, 3.05) is 36.1 Å². The van der Waals surface area contributed by atoms with E-state index in [1.165, 1.54) is 12.1 Å². The van der Waals surface area contributed by atoms with Crippen LogP contribution < -0.4 is 10.6 Å². The Bertz CT molecular complexity index is 1110. The van der Waals surface area contributed by atoms with E-state index in [-0.39, 0.29) is 30.1 Å². The Kier molecular flexibility index (Phi) is 10.2. The number of unbranched alkanes of at least 4 members (excludes halogenated alkanes) is 1. The summed E-state index contributed by atoms with van der Waals surface area (Å²) in [5.74, 6) is 2.04. The monoisotopic (exact) mass is 534 g/mol. The Hall–Kier alpha value is -3.22. The molecule has 0 saturated carbocycles. The number of rotatable bonds is 9. The largest absolute Gasteiger partial charge is 0.416 e. The smallest absolute Gasteiger partial charge is 0.325 e. The highest BCUT2D eigenvalue weighted by atomic mass is 35.5. The maximum absolute atomic E-state index is 13.4. The van der Waals surface area contributed by atoms with Crippen molar-refractivity contribution in [3.63, 3.8) is 0 Å². The zero-order valence-corrected chi connectivity index (χ0v) is 21.1. The van der Waals surface area contributed by atoms with Crippen molar-refractivity contribution < 1.29 is 22.8 Å². The van der Waals surface area contributed by atoms with E-state index < -0.39 is 17.8 Å². The summed E-state index contributed by atoms with van der Waals surface area (Å²) in [5, 5.41) is 5.38. The van der Waals surface area contributed by atoms with Gasteiger partial charge >= 0.3 is 12.2 Å². The van der Waals surface area contributed by atoms with Crippen LogP contribution in [0.2, 0.25) is 0 Å². The van der Waals surface area contributed by atoms with Crippen LogP contribution in [0.5, 0.6) is 0 Å². The number of amides is 3. The molecule has 37 heavy (non-hydrogen) atoms. The summed E-state index contributed by atoms with van der Waals surface area (Å²) in [5.41, 5.74) is 0.430. The third kappa shape index (κ3) is 8.41. The van der Waals surface area contributed by atoms with Crippen LogP contribution in [0.1, 0.15) is 36.8 Å². The van der Waals surface area contributed by atoms with Crippen molar-refractivity contribution in [2.45, 2.75) is 44.4 Å². The molecule has 1 aliphatic heterocycles. The second-order valence-electron chi connectivity index (χ2n) is 8.86. The number of benzene rings is 2. The number of carbonyl (C=O) groups is 2. The van der Waals surface area contributed by atoms with Gasteiger partial charge in [0.15, 0.2) is 0 Å². The highest BCUT2D eigenvalue weighted by molar-refractivity contribution is 6.29. The quantitative estimate of drug-likeness (QED) is 0.243. The maximum atomic E-state index is 13.4. The normalized spacial score (nSPS) is 14.6. The first-order chi connectivity index (χ1) is 17.7. The average molecular weight is 535 g/mol. The Balaban J connectivity index is 1.81. The third-order valence-corrected chi connectivity index (χ3v) is 6.49. The Labute approximate surface area is 220 Å². The molecule has 10 heteroatoms. The number of hydrogen-bond donors (Lipinski definition) is 2. The number of carbonyl (C=O) groups excluding carboxylic acids is 2. The molecular formula is C27H30ClF3N4O2. The van der Waals surface area contributed by atoms with Crippen LogP contribution in [-0.4, -0.2) is 53.3 Å². The SMILES string of the molecule is C#CCCCN1CCC(N(Cc2ccccc2NC(=O)CCl)C(=O)Nc2cccc(C(F)(F)F)c2)CC1. The van der Waals surface area contributed by atoms with Crippen molar-refractivity contribution >= 4 is 34.9 Å². The Morgan fingerprint density at radius 1 is 1.11 bits per heavy atom. The Morgan fingerprint density at radius 2 is 1.84 bits per heavy atom. The zero-order valence-electron chi connectivity index (χ0n) is 20.4. The van der Waals surface area contributed by atoms with E-state index in [0.717, 1.165) is 38.2 Å². The number of likely N-dealkylation sites (tertiary alicyclic amines) is 1. The molecule has 3 rings (SSSR count). The molecule has 1 fully saturated rings.